The van der Waals surface area contributed by atoms with Gasteiger partial charge in [-0.2, -0.15) is 0 Å². The van der Waals surface area contributed by atoms with E-state index < -0.39 is 30.8 Å². The van der Waals surface area contributed by atoms with Crippen LogP contribution in [0.3, 0.4) is 0 Å². The van der Waals surface area contributed by atoms with Gasteiger partial charge in [0.15, 0.2) is 0 Å². The molecule has 37 heavy (non-hydrogen) atoms. The Labute approximate surface area is 225 Å². The minimum atomic E-state index is -1.75. The largest absolute Gasteiger partial charge is 0.395 e. The van der Waals surface area contributed by atoms with Crippen LogP contribution < -0.4 is 0 Å². The van der Waals surface area contributed by atoms with Crippen molar-refractivity contribution in [3.05, 3.63) is 69.8 Å². The second-order valence-electron chi connectivity index (χ2n) is 10.9. The molecule has 0 unspecified atom stereocenters. The molecule has 0 atom stereocenters. The summed E-state index contributed by atoms with van der Waals surface area (Å²) >= 11 is 0. The summed E-state index contributed by atoms with van der Waals surface area (Å²) in [6, 6.07) is 12.7. The Morgan fingerprint density at radius 1 is 0.541 bits per heavy atom. The lowest BCUT2D eigenvalue weighted by Crippen LogP contribution is -2.55. The van der Waals surface area contributed by atoms with Gasteiger partial charge in [0.25, 0.3) is 0 Å². The molecule has 2 aromatic carbocycles. The number of aliphatic hydroxyl groups excluding tert-OH is 3. The molecule has 0 spiro atoms. The summed E-state index contributed by atoms with van der Waals surface area (Å²) in [6.07, 6.45) is 11.6. The van der Waals surface area contributed by atoms with E-state index in [9.17, 15) is 20.4 Å². The first-order chi connectivity index (χ1) is 17.9. The molecule has 0 saturated carbocycles. The summed E-state index contributed by atoms with van der Waals surface area (Å²) < 4.78 is 0. The lowest BCUT2D eigenvalue weighted by molar-refractivity contribution is -0.136. The molecule has 0 saturated heterocycles. The molecular weight excluding hydrogens is 460 g/mol. The molecule has 2 rings (SSSR count). The van der Waals surface area contributed by atoms with E-state index in [4.69, 9.17) is 0 Å². The predicted octanol–water partition coefficient (Wildman–Crippen LogP) is 6.26. The lowest BCUT2D eigenvalue weighted by atomic mass is 9.63. The van der Waals surface area contributed by atoms with Gasteiger partial charge in [0.1, 0.15) is 5.60 Å². The molecule has 2 aromatic rings. The molecule has 0 aliphatic heterocycles. The minimum Gasteiger partial charge on any atom is -0.395 e. The fraction of sp³-hybridized carbons (Fsp3) is 0.636. The van der Waals surface area contributed by atoms with Crippen molar-refractivity contribution < 1.29 is 20.4 Å². The van der Waals surface area contributed by atoms with Crippen LogP contribution in [0.15, 0.2) is 36.4 Å². The molecule has 0 radical (unpaired) electrons. The van der Waals surface area contributed by atoms with Gasteiger partial charge in [0.05, 0.1) is 25.2 Å². The van der Waals surface area contributed by atoms with Crippen molar-refractivity contribution in [2.75, 3.05) is 19.8 Å². The van der Waals surface area contributed by atoms with Gasteiger partial charge >= 0.3 is 0 Å². The Balaban J connectivity index is 2.95. The van der Waals surface area contributed by atoms with E-state index >= 15 is 0 Å². The predicted molar refractivity (Wildman–Crippen MR) is 154 cm³/mol. The number of rotatable bonds is 18. The molecule has 0 aliphatic carbocycles. The highest BCUT2D eigenvalue weighted by Crippen LogP contribution is 2.48. The van der Waals surface area contributed by atoms with Crippen LogP contribution in [0.2, 0.25) is 0 Å². The van der Waals surface area contributed by atoms with Crippen LogP contribution >= 0.6 is 0 Å². The number of hydrogen-bond acceptors (Lipinski definition) is 4. The molecule has 0 fully saturated rings. The van der Waals surface area contributed by atoms with Crippen LogP contribution in [0.4, 0.5) is 0 Å². The minimum absolute atomic E-state index is 0.532. The van der Waals surface area contributed by atoms with Crippen LogP contribution in [0.25, 0.3) is 0 Å². The smallest absolute Gasteiger partial charge is 0.127 e. The zero-order valence-corrected chi connectivity index (χ0v) is 23.9. The van der Waals surface area contributed by atoms with Crippen LogP contribution in [-0.4, -0.2) is 40.2 Å². The first-order valence-corrected chi connectivity index (χ1v) is 14.7. The topological polar surface area (TPSA) is 80.9 Å². The maximum Gasteiger partial charge on any atom is 0.127 e. The number of hydrogen-bond donors (Lipinski definition) is 4. The van der Waals surface area contributed by atoms with E-state index in [0.29, 0.717) is 0 Å². The summed E-state index contributed by atoms with van der Waals surface area (Å²) in [5.41, 5.74) is 2.46. The van der Waals surface area contributed by atoms with Crippen LogP contribution in [0.1, 0.15) is 112 Å². The van der Waals surface area contributed by atoms with Crippen molar-refractivity contribution >= 4 is 0 Å². The van der Waals surface area contributed by atoms with Crippen molar-refractivity contribution in [1.82, 2.24) is 0 Å². The van der Waals surface area contributed by atoms with E-state index in [1.165, 1.54) is 0 Å². The summed E-state index contributed by atoms with van der Waals surface area (Å²) in [7, 11) is 0. The standard InChI is InChI=1S/C33H52O4/c1-5-9-13-26-17-19-28(15-11-7-3)30(21-26)33(37,32(23-34,24-35)25-36)31-22-27(14-10-6-2)18-20-29(31)16-12-8-4/h17-22,34-37H,5-16,23-25H2,1-4H3. The lowest BCUT2D eigenvalue weighted by Gasteiger charge is -2.47. The van der Waals surface area contributed by atoms with Gasteiger partial charge in [-0.05, 0) is 84.7 Å². The van der Waals surface area contributed by atoms with Crippen LogP contribution in [-0.2, 0) is 31.3 Å². The zero-order valence-electron chi connectivity index (χ0n) is 23.9. The van der Waals surface area contributed by atoms with E-state index in [1.807, 2.05) is 0 Å². The summed E-state index contributed by atoms with van der Waals surface area (Å²) in [4.78, 5) is 0. The van der Waals surface area contributed by atoms with Gasteiger partial charge < -0.3 is 20.4 Å². The molecule has 0 aromatic heterocycles. The highest BCUT2D eigenvalue weighted by Gasteiger charge is 2.54. The average Bonchev–Trinajstić information content (AvgIpc) is 2.94. The Morgan fingerprint density at radius 3 is 1.22 bits per heavy atom. The Morgan fingerprint density at radius 2 is 0.892 bits per heavy atom. The molecule has 0 heterocycles. The highest BCUT2D eigenvalue weighted by molar-refractivity contribution is 5.50. The summed E-state index contributed by atoms with van der Waals surface area (Å²) in [5.74, 6) is 0. The summed E-state index contributed by atoms with van der Waals surface area (Å²) in [5, 5.41) is 45.2. The fourth-order valence-corrected chi connectivity index (χ4v) is 5.37. The molecule has 0 bridgehead atoms. The Hall–Kier alpha value is -1.72. The van der Waals surface area contributed by atoms with Gasteiger partial charge in [-0.25, -0.2) is 0 Å². The van der Waals surface area contributed by atoms with Gasteiger partial charge in [0, 0.05) is 0 Å². The van der Waals surface area contributed by atoms with Crippen molar-refractivity contribution in [3.8, 4) is 0 Å². The zero-order chi connectivity index (χ0) is 27.3. The number of unbranched alkanes of at least 4 members (excludes halogenated alkanes) is 4. The second-order valence-corrected chi connectivity index (χ2v) is 10.9. The summed E-state index contributed by atoms with van der Waals surface area (Å²) in [6.45, 7) is 7.05. The third-order valence-corrected chi connectivity index (χ3v) is 8.04. The average molecular weight is 513 g/mol. The second kappa shape index (κ2) is 15.6. The molecule has 0 aliphatic rings. The number of aryl methyl sites for hydroxylation is 4. The van der Waals surface area contributed by atoms with Gasteiger partial charge in [-0.1, -0.05) is 89.8 Å². The van der Waals surface area contributed by atoms with Gasteiger partial charge in [-0.15, -0.1) is 0 Å². The fourth-order valence-electron chi connectivity index (χ4n) is 5.37. The van der Waals surface area contributed by atoms with Gasteiger partial charge in [0.2, 0.25) is 0 Å². The Kier molecular flexibility index (Phi) is 13.3. The third-order valence-electron chi connectivity index (χ3n) is 8.04. The van der Waals surface area contributed by atoms with Gasteiger partial charge in [-0.3, -0.25) is 0 Å². The molecule has 4 heteroatoms. The van der Waals surface area contributed by atoms with E-state index in [0.717, 1.165) is 110 Å². The Bertz CT molecular complexity index is 860. The van der Waals surface area contributed by atoms with Crippen LogP contribution in [0.5, 0.6) is 0 Å². The third kappa shape index (κ3) is 7.23. The number of benzene rings is 2. The molecule has 4 N–H and O–H groups in total. The van der Waals surface area contributed by atoms with Crippen molar-refractivity contribution in [1.29, 1.82) is 0 Å². The first kappa shape index (κ1) is 31.5. The molecule has 0 amide bonds. The highest BCUT2D eigenvalue weighted by atomic mass is 16.3. The monoisotopic (exact) mass is 512 g/mol. The van der Waals surface area contributed by atoms with Crippen LogP contribution in [0, 0.1) is 5.41 Å². The SMILES string of the molecule is CCCCc1ccc(CCCC)c(C(O)(c2cc(CCCC)ccc2CCCC)C(CO)(CO)CO)c1. The van der Waals surface area contributed by atoms with E-state index in [1.54, 1.807) is 0 Å². The molecular formula is C33H52O4. The van der Waals surface area contributed by atoms with Crippen molar-refractivity contribution in [3.63, 3.8) is 0 Å². The van der Waals surface area contributed by atoms with E-state index in [-0.39, 0.29) is 0 Å². The normalized spacial score (nSPS) is 12.3. The van der Waals surface area contributed by atoms with Crippen molar-refractivity contribution in [2.45, 2.75) is 110 Å². The maximum absolute atomic E-state index is 13.0. The maximum atomic E-state index is 13.0. The van der Waals surface area contributed by atoms with Crippen molar-refractivity contribution in [2.24, 2.45) is 5.41 Å². The number of aliphatic hydroxyl groups is 4. The molecule has 208 valence electrons. The quantitative estimate of drug-likeness (QED) is 0.190. The molecule has 4 nitrogen and oxygen atoms in total. The first-order valence-electron chi connectivity index (χ1n) is 14.7. The van der Waals surface area contributed by atoms with E-state index in [2.05, 4.69) is 64.1 Å².